The van der Waals surface area contributed by atoms with Crippen molar-refractivity contribution >= 4 is 39.1 Å². The number of rotatable bonds is 2. The topological polar surface area (TPSA) is 37.6 Å². The van der Waals surface area contributed by atoms with Crippen molar-refractivity contribution in [3.8, 4) is 0 Å². The van der Waals surface area contributed by atoms with Crippen molar-refractivity contribution < 1.29 is 0 Å². The zero-order valence-electron chi connectivity index (χ0n) is 18.1. The van der Waals surface area contributed by atoms with E-state index >= 15 is 0 Å². The van der Waals surface area contributed by atoms with E-state index in [1.807, 2.05) is 30.3 Å². The quantitative estimate of drug-likeness (QED) is 0.463. The lowest BCUT2D eigenvalue weighted by atomic mass is 9.79. The molecule has 2 aromatic heterocycles. The van der Waals surface area contributed by atoms with Gasteiger partial charge in [0.2, 0.25) is 0 Å². The van der Waals surface area contributed by atoms with Gasteiger partial charge in [-0.1, -0.05) is 36.5 Å². The average Bonchev–Trinajstić information content (AvgIpc) is 3.18. The number of aromatic nitrogens is 2. The van der Waals surface area contributed by atoms with Crippen molar-refractivity contribution in [1.29, 1.82) is 0 Å². The number of fused-ring (bicyclic) bond motifs is 4. The van der Waals surface area contributed by atoms with Crippen molar-refractivity contribution in [3.63, 3.8) is 0 Å². The molecule has 0 N–H and O–H groups in total. The van der Waals surface area contributed by atoms with Gasteiger partial charge in [-0.15, -0.1) is 0 Å². The van der Waals surface area contributed by atoms with E-state index in [1.165, 1.54) is 22.6 Å². The summed E-state index contributed by atoms with van der Waals surface area (Å²) in [7, 11) is 0. The van der Waals surface area contributed by atoms with Crippen LogP contribution in [0.4, 0.5) is 5.69 Å². The fourth-order valence-electron chi connectivity index (χ4n) is 5.30. The molecule has 30 heavy (non-hydrogen) atoms. The number of hydrogen-bond donors (Lipinski definition) is 0. The van der Waals surface area contributed by atoms with E-state index in [2.05, 4.69) is 62.7 Å². The summed E-state index contributed by atoms with van der Waals surface area (Å²) in [4.78, 5) is 21.0. The summed E-state index contributed by atoms with van der Waals surface area (Å²) in [6, 6.07) is 14.9. The maximum atomic E-state index is 13.1. The molecule has 4 nitrogen and oxygen atoms in total. The number of hydrogen-bond acceptors (Lipinski definition) is 4. The van der Waals surface area contributed by atoms with Gasteiger partial charge in [0.1, 0.15) is 0 Å². The van der Waals surface area contributed by atoms with Gasteiger partial charge in [0, 0.05) is 17.3 Å². The minimum atomic E-state index is 0.0133. The van der Waals surface area contributed by atoms with Crippen LogP contribution in [0.3, 0.4) is 0 Å². The van der Waals surface area contributed by atoms with Crippen LogP contribution in [0.15, 0.2) is 47.3 Å². The predicted octanol–water partition coefficient (Wildman–Crippen LogP) is 4.96. The van der Waals surface area contributed by atoms with Crippen LogP contribution in [0.25, 0.3) is 22.1 Å². The molecule has 0 unspecified atom stereocenters. The molecule has 5 rings (SSSR count). The summed E-state index contributed by atoms with van der Waals surface area (Å²) >= 11 is 1.46. The number of anilines is 1. The van der Waals surface area contributed by atoms with E-state index in [0.29, 0.717) is 12.0 Å². The molecule has 1 aliphatic rings. The molecule has 1 atom stereocenters. The Morgan fingerprint density at radius 1 is 1.20 bits per heavy atom. The van der Waals surface area contributed by atoms with Gasteiger partial charge in [-0.25, -0.2) is 9.38 Å². The van der Waals surface area contributed by atoms with Gasteiger partial charge in [0.15, 0.2) is 4.96 Å². The first kappa shape index (κ1) is 19.3. The van der Waals surface area contributed by atoms with E-state index in [1.54, 1.807) is 4.40 Å². The first-order chi connectivity index (χ1) is 14.3. The molecule has 0 amide bonds. The van der Waals surface area contributed by atoms with Gasteiger partial charge in [0.05, 0.1) is 15.6 Å². The highest BCUT2D eigenvalue weighted by molar-refractivity contribution is 7.15. The van der Waals surface area contributed by atoms with Crippen LogP contribution in [-0.2, 0) is 0 Å². The van der Waals surface area contributed by atoms with E-state index in [9.17, 15) is 4.79 Å². The van der Waals surface area contributed by atoms with Crippen LogP contribution in [0, 0.1) is 0 Å². The Kier molecular flexibility index (Phi) is 4.30. The maximum absolute atomic E-state index is 13.1. The number of imidazole rings is 1. The van der Waals surface area contributed by atoms with Gasteiger partial charge in [0.25, 0.3) is 5.56 Å². The molecule has 0 saturated carbocycles. The summed E-state index contributed by atoms with van der Waals surface area (Å²) < 4.78 is 2.46. The smallest absolute Gasteiger partial charge is 0.274 e. The van der Waals surface area contributed by atoms with E-state index in [4.69, 9.17) is 0 Å². The molecule has 0 fully saturated rings. The Labute approximate surface area is 180 Å². The standard InChI is InChI=1S/C25H27N3OS/c1-15(2)28-20-11-10-17(12-18(20)16(3)14-25(28,4)5)13-22-23(29)27-21-9-7-6-8-19(21)26-24(27)30-22/h6-13,15-16H,14H2,1-5H3/b22-13-/t16-/m0/s1. The molecule has 0 saturated heterocycles. The van der Waals surface area contributed by atoms with Crippen LogP contribution in [0.1, 0.15) is 58.1 Å². The van der Waals surface area contributed by atoms with Crippen molar-refractivity contribution in [2.75, 3.05) is 4.90 Å². The maximum Gasteiger partial charge on any atom is 0.274 e. The highest BCUT2D eigenvalue weighted by Gasteiger charge is 2.37. The molecule has 0 aliphatic carbocycles. The summed E-state index contributed by atoms with van der Waals surface area (Å²) in [5.41, 5.74) is 5.66. The molecule has 0 bridgehead atoms. The highest BCUT2D eigenvalue weighted by Crippen LogP contribution is 2.44. The lowest BCUT2D eigenvalue weighted by Crippen LogP contribution is -2.51. The van der Waals surface area contributed by atoms with Crippen LogP contribution < -0.4 is 15.0 Å². The molecule has 154 valence electrons. The molecule has 2 aromatic carbocycles. The largest absolute Gasteiger partial charge is 0.364 e. The Bertz CT molecular complexity index is 1380. The molecule has 0 radical (unpaired) electrons. The van der Waals surface area contributed by atoms with E-state index in [-0.39, 0.29) is 11.1 Å². The number of nitrogens with zero attached hydrogens (tertiary/aromatic N) is 3. The fourth-order valence-corrected chi connectivity index (χ4v) is 6.29. The molecular weight excluding hydrogens is 390 g/mol. The van der Waals surface area contributed by atoms with Gasteiger partial charge >= 0.3 is 0 Å². The summed E-state index contributed by atoms with van der Waals surface area (Å²) in [6.45, 7) is 11.5. The highest BCUT2D eigenvalue weighted by atomic mass is 32.1. The zero-order valence-corrected chi connectivity index (χ0v) is 19.0. The van der Waals surface area contributed by atoms with Gasteiger partial charge in [-0.3, -0.25) is 4.79 Å². The minimum absolute atomic E-state index is 0.0133. The van der Waals surface area contributed by atoms with E-state index in [0.717, 1.165) is 32.5 Å². The molecule has 5 heteroatoms. The van der Waals surface area contributed by atoms with Crippen LogP contribution >= 0.6 is 11.3 Å². The zero-order chi connectivity index (χ0) is 21.2. The predicted molar refractivity (Wildman–Crippen MR) is 127 cm³/mol. The van der Waals surface area contributed by atoms with Gasteiger partial charge in [-0.2, -0.15) is 0 Å². The Balaban J connectivity index is 1.65. The molecule has 1 aliphatic heterocycles. The summed E-state index contributed by atoms with van der Waals surface area (Å²) in [6.07, 6.45) is 3.14. The average molecular weight is 418 g/mol. The third-order valence-electron chi connectivity index (χ3n) is 6.26. The second-order valence-corrected chi connectivity index (χ2v) is 10.3. The van der Waals surface area contributed by atoms with Gasteiger partial charge < -0.3 is 4.90 Å². The molecular formula is C25H27N3OS. The van der Waals surface area contributed by atoms with Crippen molar-refractivity contribution in [2.45, 2.75) is 58.5 Å². The SMILES string of the molecule is CC(C)N1c2ccc(/C=c3\sc4nc5ccccc5n4c3=O)cc2[C@@H](C)CC1(C)C. The molecule has 4 aromatic rings. The second-order valence-electron chi connectivity index (χ2n) is 9.33. The van der Waals surface area contributed by atoms with E-state index < -0.39 is 0 Å². The molecule has 3 heterocycles. The lowest BCUT2D eigenvalue weighted by molar-refractivity contribution is 0.356. The summed E-state index contributed by atoms with van der Waals surface area (Å²) in [5.74, 6) is 0.481. The third-order valence-corrected chi connectivity index (χ3v) is 7.23. The van der Waals surface area contributed by atoms with Crippen molar-refractivity contribution in [3.05, 3.63) is 68.5 Å². The number of para-hydroxylation sites is 2. The fraction of sp³-hybridized carbons (Fsp3) is 0.360. The second kappa shape index (κ2) is 6.67. The monoisotopic (exact) mass is 417 g/mol. The van der Waals surface area contributed by atoms with Crippen LogP contribution in [0.5, 0.6) is 0 Å². The first-order valence-corrected chi connectivity index (χ1v) is 11.4. The minimum Gasteiger partial charge on any atom is -0.364 e. The Morgan fingerprint density at radius 2 is 1.97 bits per heavy atom. The summed E-state index contributed by atoms with van der Waals surface area (Å²) in [5, 5.41) is 0. The first-order valence-electron chi connectivity index (χ1n) is 10.6. The normalized spacial score (nSPS) is 19.2. The number of benzene rings is 2. The Hall–Kier alpha value is -2.66. The Morgan fingerprint density at radius 3 is 2.73 bits per heavy atom. The molecule has 0 spiro atoms. The third kappa shape index (κ3) is 2.87. The van der Waals surface area contributed by atoms with Crippen LogP contribution in [0.2, 0.25) is 0 Å². The van der Waals surface area contributed by atoms with Crippen molar-refractivity contribution in [1.82, 2.24) is 9.38 Å². The van der Waals surface area contributed by atoms with Gasteiger partial charge in [-0.05, 0) is 81.5 Å². The lowest BCUT2D eigenvalue weighted by Gasteiger charge is -2.50. The van der Waals surface area contributed by atoms with Crippen molar-refractivity contribution in [2.24, 2.45) is 0 Å². The number of thiazole rings is 1. The van der Waals surface area contributed by atoms with Crippen LogP contribution in [-0.4, -0.2) is 21.0 Å².